The number of nitrogens with zero attached hydrogens (tertiary/aromatic N) is 1. The lowest BCUT2D eigenvalue weighted by Crippen LogP contribution is -2.37. The Balaban J connectivity index is 1.72. The van der Waals surface area contributed by atoms with Crippen LogP contribution in [0.3, 0.4) is 0 Å². The molecule has 19 heavy (non-hydrogen) atoms. The minimum absolute atomic E-state index is 0.213. The fraction of sp³-hybridized carbons (Fsp3) is 0.400. The minimum Gasteiger partial charge on any atom is -0.453 e. The molecule has 1 aliphatic rings. The number of carbonyl (C=O) groups is 1. The Bertz CT molecular complexity index is 550. The molecule has 0 aliphatic carbocycles. The van der Waals surface area contributed by atoms with Gasteiger partial charge in [-0.25, -0.2) is 4.79 Å². The third kappa shape index (κ3) is 2.30. The van der Waals surface area contributed by atoms with Crippen molar-refractivity contribution < 1.29 is 9.53 Å². The second kappa shape index (κ2) is 4.96. The number of carbonyl (C=O) groups excluding carboxylic acids is 1. The number of fused-ring (bicyclic) bond motifs is 1. The van der Waals surface area contributed by atoms with Crippen molar-refractivity contribution in [3.8, 4) is 0 Å². The van der Waals surface area contributed by atoms with Crippen molar-refractivity contribution in [2.75, 3.05) is 20.2 Å². The number of hydrogen-bond acceptors (Lipinski definition) is 2. The average Bonchev–Trinajstić information content (AvgIpc) is 2.90. The van der Waals surface area contributed by atoms with E-state index in [9.17, 15) is 4.79 Å². The van der Waals surface area contributed by atoms with Gasteiger partial charge in [-0.05, 0) is 30.4 Å². The second-order valence-electron chi connectivity index (χ2n) is 5.04. The molecule has 0 bridgehead atoms. The molecule has 0 unspecified atom stereocenters. The molecule has 4 nitrogen and oxygen atoms in total. The summed E-state index contributed by atoms with van der Waals surface area (Å²) in [6, 6.07) is 10.6. The first-order valence-electron chi connectivity index (χ1n) is 6.68. The molecule has 4 heteroatoms. The number of para-hydroxylation sites is 1. The monoisotopic (exact) mass is 258 g/mol. The van der Waals surface area contributed by atoms with Crippen molar-refractivity contribution >= 4 is 17.0 Å². The van der Waals surface area contributed by atoms with E-state index >= 15 is 0 Å². The van der Waals surface area contributed by atoms with Crippen molar-refractivity contribution in [1.29, 1.82) is 0 Å². The second-order valence-corrected chi connectivity index (χ2v) is 5.04. The quantitative estimate of drug-likeness (QED) is 0.854. The zero-order chi connectivity index (χ0) is 13.2. The summed E-state index contributed by atoms with van der Waals surface area (Å²) in [5, 5.41) is 1.26. The van der Waals surface area contributed by atoms with Crippen molar-refractivity contribution in [1.82, 2.24) is 9.88 Å². The van der Waals surface area contributed by atoms with E-state index in [1.165, 1.54) is 23.7 Å². The van der Waals surface area contributed by atoms with Crippen LogP contribution in [0.5, 0.6) is 0 Å². The highest BCUT2D eigenvalue weighted by Crippen LogP contribution is 2.29. The van der Waals surface area contributed by atoms with Crippen LogP contribution >= 0.6 is 0 Å². The molecule has 0 atom stereocenters. The molecule has 0 spiro atoms. The number of methoxy groups -OCH3 is 1. The van der Waals surface area contributed by atoms with Gasteiger partial charge in [-0.1, -0.05) is 18.2 Å². The molecule has 1 aromatic carbocycles. The topological polar surface area (TPSA) is 45.3 Å². The summed E-state index contributed by atoms with van der Waals surface area (Å²) in [6.45, 7) is 1.54. The molecule has 1 aliphatic heterocycles. The Hall–Kier alpha value is -1.97. The lowest BCUT2D eigenvalue weighted by Gasteiger charge is -2.30. The maximum absolute atomic E-state index is 11.4. The number of ether oxygens (including phenoxy) is 1. The van der Waals surface area contributed by atoms with Gasteiger partial charge in [-0.2, -0.15) is 0 Å². The molecule has 100 valence electrons. The molecule has 1 N–H and O–H groups in total. The summed E-state index contributed by atoms with van der Waals surface area (Å²) in [4.78, 5) is 16.7. The fourth-order valence-corrected chi connectivity index (χ4v) is 2.82. The largest absolute Gasteiger partial charge is 0.453 e. The van der Waals surface area contributed by atoms with E-state index in [4.69, 9.17) is 4.74 Å². The van der Waals surface area contributed by atoms with Gasteiger partial charge in [0.25, 0.3) is 0 Å². The van der Waals surface area contributed by atoms with Gasteiger partial charge in [-0.3, -0.25) is 0 Å². The Labute approximate surface area is 112 Å². The first-order valence-corrected chi connectivity index (χ1v) is 6.68. The van der Waals surface area contributed by atoms with Gasteiger partial charge in [0.2, 0.25) is 0 Å². The average molecular weight is 258 g/mol. The van der Waals surface area contributed by atoms with E-state index in [0.29, 0.717) is 5.92 Å². The Morgan fingerprint density at radius 2 is 2.05 bits per heavy atom. The smallest absolute Gasteiger partial charge is 0.409 e. The highest BCUT2D eigenvalue weighted by atomic mass is 16.5. The van der Waals surface area contributed by atoms with E-state index in [1.54, 1.807) is 4.90 Å². The SMILES string of the molecule is COC(=O)N1CCC(c2cc3ccccc3[nH]2)CC1. The first kappa shape index (κ1) is 12.1. The molecule has 1 amide bonds. The van der Waals surface area contributed by atoms with Crippen LogP contribution in [0, 0.1) is 0 Å². The van der Waals surface area contributed by atoms with Crippen LogP contribution in [-0.2, 0) is 4.74 Å². The van der Waals surface area contributed by atoms with Gasteiger partial charge in [0.15, 0.2) is 0 Å². The van der Waals surface area contributed by atoms with Gasteiger partial charge in [0.1, 0.15) is 0 Å². The summed E-state index contributed by atoms with van der Waals surface area (Å²) in [5.41, 5.74) is 2.47. The van der Waals surface area contributed by atoms with Gasteiger partial charge in [0, 0.05) is 30.2 Å². The van der Waals surface area contributed by atoms with E-state index in [2.05, 4.69) is 29.2 Å². The fourth-order valence-electron chi connectivity index (χ4n) is 2.82. The maximum Gasteiger partial charge on any atom is 0.409 e. The van der Waals surface area contributed by atoms with Gasteiger partial charge < -0.3 is 14.6 Å². The van der Waals surface area contributed by atoms with Crippen molar-refractivity contribution in [2.45, 2.75) is 18.8 Å². The summed E-state index contributed by atoms with van der Waals surface area (Å²) in [7, 11) is 1.44. The van der Waals surface area contributed by atoms with Crippen LogP contribution in [0.25, 0.3) is 10.9 Å². The van der Waals surface area contributed by atoms with Crippen molar-refractivity contribution in [3.63, 3.8) is 0 Å². The third-order valence-electron chi connectivity index (χ3n) is 3.92. The molecule has 0 radical (unpaired) electrons. The molecular weight excluding hydrogens is 240 g/mol. The first-order chi connectivity index (χ1) is 9.28. The molecule has 3 rings (SSSR count). The Morgan fingerprint density at radius 1 is 1.32 bits per heavy atom. The van der Waals surface area contributed by atoms with E-state index in [1.807, 2.05) is 6.07 Å². The van der Waals surface area contributed by atoms with Crippen LogP contribution < -0.4 is 0 Å². The number of likely N-dealkylation sites (tertiary alicyclic amines) is 1. The maximum atomic E-state index is 11.4. The van der Waals surface area contributed by atoms with Crippen LogP contribution in [0.15, 0.2) is 30.3 Å². The summed E-state index contributed by atoms with van der Waals surface area (Å²) in [6.07, 6.45) is 1.76. The van der Waals surface area contributed by atoms with Crippen molar-refractivity contribution in [3.05, 3.63) is 36.0 Å². The number of hydrogen-bond donors (Lipinski definition) is 1. The number of H-pyrrole nitrogens is 1. The molecule has 1 fully saturated rings. The molecule has 2 heterocycles. The van der Waals surface area contributed by atoms with Gasteiger partial charge in [-0.15, -0.1) is 0 Å². The molecule has 1 saturated heterocycles. The van der Waals surface area contributed by atoms with E-state index in [-0.39, 0.29) is 6.09 Å². The standard InChI is InChI=1S/C15H18N2O2/c1-19-15(18)17-8-6-11(7-9-17)14-10-12-4-2-3-5-13(12)16-14/h2-5,10-11,16H,6-9H2,1H3. The Morgan fingerprint density at radius 3 is 2.74 bits per heavy atom. The summed E-state index contributed by atoms with van der Waals surface area (Å²) >= 11 is 0. The van der Waals surface area contributed by atoms with Crippen LogP contribution in [0.2, 0.25) is 0 Å². The van der Waals surface area contributed by atoms with Crippen LogP contribution in [0.1, 0.15) is 24.5 Å². The minimum atomic E-state index is -0.213. The Kier molecular flexibility index (Phi) is 3.15. The lowest BCUT2D eigenvalue weighted by molar-refractivity contribution is 0.112. The predicted octanol–water partition coefficient (Wildman–Crippen LogP) is 3.11. The zero-order valence-electron chi connectivity index (χ0n) is 11.1. The van der Waals surface area contributed by atoms with Crippen molar-refractivity contribution in [2.24, 2.45) is 0 Å². The number of nitrogens with one attached hydrogen (secondary N) is 1. The number of aromatic nitrogens is 1. The number of aromatic amines is 1. The highest BCUT2D eigenvalue weighted by molar-refractivity contribution is 5.80. The highest BCUT2D eigenvalue weighted by Gasteiger charge is 2.25. The summed E-state index contributed by atoms with van der Waals surface area (Å²) in [5.74, 6) is 0.508. The zero-order valence-corrected chi connectivity index (χ0v) is 11.1. The normalized spacial score (nSPS) is 16.8. The third-order valence-corrected chi connectivity index (χ3v) is 3.92. The lowest BCUT2D eigenvalue weighted by atomic mass is 9.94. The molecule has 0 saturated carbocycles. The number of piperidine rings is 1. The molecule has 1 aromatic heterocycles. The van der Waals surface area contributed by atoms with Crippen LogP contribution in [-0.4, -0.2) is 36.2 Å². The van der Waals surface area contributed by atoms with E-state index < -0.39 is 0 Å². The van der Waals surface area contributed by atoms with Crippen LogP contribution in [0.4, 0.5) is 4.79 Å². The van der Waals surface area contributed by atoms with Gasteiger partial charge >= 0.3 is 6.09 Å². The molecule has 2 aromatic rings. The molecular formula is C15H18N2O2. The van der Waals surface area contributed by atoms with Gasteiger partial charge in [0.05, 0.1) is 7.11 Å². The predicted molar refractivity (Wildman–Crippen MR) is 74.3 cm³/mol. The number of benzene rings is 1. The number of rotatable bonds is 1. The number of amides is 1. The summed E-state index contributed by atoms with van der Waals surface area (Å²) < 4.78 is 4.76. The van der Waals surface area contributed by atoms with E-state index in [0.717, 1.165) is 25.9 Å².